The summed E-state index contributed by atoms with van der Waals surface area (Å²) in [5, 5.41) is 13.9. The Balaban J connectivity index is 1.56. The Hall–Kier alpha value is -2.90. The van der Waals surface area contributed by atoms with Gasteiger partial charge in [0.2, 0.25) is 0 Å². The van der Waals surface area contributed by atoms with Crippen molar-refractivity contribution in [2.75, 3.05) is 5.75 Å². The SMILES string of the molecule is CCn1c(SCC(=O)N/N=C/C(C)=C/c2ccccc2)nnc1-c1ccc(Cl)cc1. The number of halogens is 1. The number of carbonyl (C=O) groups excluding carboxylic acids is 1. The van der Waals surface area contributed by atoms with Crippen LogP contribution in [0.2, 0.25) is 5.02 Å². The van der Waals surface area contributed by atoms with Crippen LogP contribution < -0.4 is 5.43 Å². The van der Waals surface area contributed by atoms with E-state index in [2.05, 4.69) is 20.7 Å². The standard InChI is InChI=1S/C22H22ClN5OS/c1-3-28-21(18-9-11-19(23)12-10-18)26-27-22(28)30-15-20(29)25-24-14-16(2)13-17-7-5-4-6-8-17/h4-14H,3,15H2,1-2H3,(H,25,29)/b16-13+,24-14+. The molecule has 8 heteroatoms. The van der Waals surface area contributed by atoms with Gasteiger partial charge in [0.15, 0.2) is 11.0 Å². The number of hydrogen-bond acceptors (Lipinski definition) is 5. The lowest BCUT2D eigenvalue weighted by Crippen LogP contribution is -2.20. The van der Waals surface area contributed by atoms with Crippen LogP contribution in [0.15, 0.2) is 70.4 Å². The number of amides is 1. The normalized spacial score (nSPS) is 11.8. The highest BCUT2D eigenvalue weighted by molar-refractivity contribution is 7.99. The van der Waals surface area contributed by atoms with Crippen LogP contribution in [-0.4, -0.2) is 32.6 Å². The number of thioether (sulfide) groups is 1. The summed E-state index contributed by atoms with van der Waals surface area (Å²) in [6, 6.07) is 17.4. The van der Waals surface area contributed by atoms with Crippen LogP contribution in [0.4, 0.5) is 0 Å². The van der Waals surface area contributed by atoms with Crippen molar-refractivity contribution >= 4 is 41.6 Å². The van der Waals surface area contributed by atoms with E-state index < -0.39 is 0 Å². The van der Waals surface area contributed by atoms with Crippen molar-refractivity contribution in [1.82, 2.24) is 20.2 Å². The number of nitrogens with one attached hydrogen (secondary N) is 1. The van der Waals surface area contributed by atoms with Crippen LogP contribution in [0, 0.1) is 0 Å². The van der Waals surface area contributed by atoms with Crippen molar-refractivity contribution in [2.45, 2.75) is 25.5 Å². The molecule has 3 rings (SSSR count). The van der Waals surface area contributed by atoms with E-state index in [0.717, 1.165) is 22.5 Å². The fourth-order valence-corrected chi connectivity index (χ4v) is 3.63. The topological polar surface area (TPSA) is 72.2 Å². The summed E-state index contributed by atoms with van der Waals surface area (Å²) >= 11 is 7.28. The molecule has 0 aliphatic heterocycles. The molecule has 0 bridgehead atoms. The summed E-state index contributed by atoms with van der Waals surface area (Å²) < 4.78 is 1.97. The lowest BCUT2D eigenvalue weighted by molar-refractivity contribution is -0.118. The summed E-state index contributed by atoms with van der Waals surface area (Å²) in [5.74, 6) is 0.733. The first-order valence-electron chi connectivity index (χ1n) is 9.44. The van der Waals surface area contributed by atoms with Gasteiger partial charge in [-0.25, -0.2) is 5.43 Å². The molecular formula is C22H22ClN5OS. The predicted octanol–water partition coefficient (Wildman–Crippen LogP) is 4.92. The van der Waals surface area contributed by atoms with Gasteiger partial charge in [-0.15, -0.1) is 10.2 Å². The molecule has 3 aromatic rings. The highest BCUT2D eigenvalue weighted by Crippen LogP contribution is 2.25. The molecule has 0 unspecified atom stereocenters. The summed E-state index contributed by atoms with van der Waals surface area (Å²) in [7, 11) is 0. The molecule has 1 amide bonds. The van der Waals surface area contributed by atoms with Gasteiger partial charge in [-0.1, -0.05) is 59.8 Å². The third-order valence-corrected chi connectivity index (χ3v) is 5.34. The van der Waals surface area contributed by atoms with Crippen molar-refractivity contribution < 1.29 is 4.79 Å². The number of hydrogen-bond donors (Lipinski definition) is 1. The number of rotatable bonds is 8. The summed E-state index contributed by atoms with van der Waals surface area (Å²) in [5.41, 5.74) is 5.49. The van der Waals surface area contributed by atoms with Crippen molar-refractivity contribution in [3.05, 3.63) is 70.8 Å². The van der Waals surface area contributed by atoms with E-state index >= 15 is 0 Å². The Morgan fingerprint density at radius 1 is 1.17 bits per heavy atom. The second-order valence-corrected chi connectivity index (χ2v) is 7.82. The van der Waals surface area contributed by atoms with Crippen LogP contribution in [-0.2, 0) is 11.3 Å². The number of carbonyl (C=O) groups is 1. The molecule has 0 aliphatic carbocycles. The zero-order valence-electron chi connectivity index (χ0n) is 16.7. The number of hydrazone groups is 1. The highest BCUT2D eigenvalue weighted by Gasteiger charge is 2.14. The minimum Gasteiger partial charge on any atom is -0.302 e. The van der Waals surface area contributed by atoms with Gasteiger partial charge in [0.1, 0.15) is 0 Å². The second kappa shape index (κ2) is 10.8. The number of aromatic nitrogens is 3. The molecule has 0 saturated carbocycles. The maximum absolute atomic E-state index is 12.1. The summed E-state index contributed by atoms with van der Waals surface area (Å²) in [6.07, 6.45) is 3.62. The maximum Gasteiger partial charge on any atom is 0.250 e. The molecule has 0 spiro atoms. The van der Waals surface area contributed by atoms with Gasteiger partial charge in [0.05, 0.1) is 12.0 Å². The third kappa shape index (κ3) is 6.05. The largest absolute Gasteiger partial charge is 0.302 e. The Morgan fingerprint density at radius 3 is 2.60 bits per heavy atom. The smallest absolute Gasteiger partial charge is 0.250 e. The quantitative estimate of drug-likeness (QED) is 0.307. The van der Waals surface area contributed by atoms with Crippen LogP contribution in [0.1, 0.15) is 19.4 Å². The first-order chi connectivity index (χ1) is 14.6. The molecule has 154 valence electrons. The van der Waals surface area contributed by atoms with Gasteiger partial charge in [0.25, 0.3) is 5.91 Å². The van der Waals surface area contributed by atoms with Crippen LogP contribution in [0.25, 0.3) is 17.5 Å². The Bertz CT molecular complexity index is 1050. The first kappa shape index (κ1) is 21.8. The number of benzene rings is 2. The first-order valence-corrected chi connectivity index (χ1v) is 10.8. The van der Waals surface area contributed by atoms with Crippen molar-refractivity contribution in [2.24, 2.45) is 5.10 Å². The average molecular weight is 440 g/mol. The lowest BCUT2D eigenvalue weighted by atomic mass is 10.1. The van der Waals surface area contributed by atoms with Gasteiger partial charge in [0, 0.05) is 17.1 Å². The van der Waals surface area contributed by atoms with Crippen molar-refractivity contribution in [3.63, 3.8) is 0 Å². The monoisotopic (exact) mass is 439 g/mol. The molecule has 1 heterocycles. The second-order valence-electron chi connectivity index (χ2n) is 6.44. The molecule has 0 atom stereocenters. The minimum atomic E-state index is -0.206. The van der Waals surface area contributed by atoms with Crippen molar-refractivity contribution in [3.8, 4) is 11.4 Å². The van der Waals surface area contributed by atoms with E-state index in [4.69, 9.17) is 11.6 Å². The van der Waals surface area contributed by atoms with Crippen LogP contribution in [0.5, 0.6) is 0 Å². The maximum atomic E-state index is 12.1. The summed E-state index contributed by atoms with van der Waals surface area (Å²) in [6.45, 7) is 4.63. The van der Waals surface area contributed by atoms with E-state index in [9.17, 15) is 4.79 Å². The van der Waals surface area contributed by atoms with E-state index in [0.29, 0.717) is 16.7 Å². The summed E-state index contributed by atoms with van der Waals surface area (Å²) in [4.78, 5) is 12.1. The molecular weight excluding hydrogens is 418 g/mol. The zero-order chi connectivity index (χ0) is 21.3. The molecule has 6 nitrogen and oxygen atoms in total. The molecule has 1 N–H and O–H groups in total. The van der Waals surface area contributed by atoms with E-state index in [1.54, 1.807) is 6.21 Å². The van der Waals surface area contributed by atoms with Crippen LogP contribution >= 0.6 is 23.4 Å². The number of nitrogens with zero attached hydrogens (tertiary/aromatic N) is 4. The Labute approximate surface area is 185 Å². The van der Waals surface area contributed by atoms with Gasteiger partial charge in [-0.05, 0) is 49.2 Å². The van der Waals surface area contributed by atoms with Crippen molar-refractivity contribution in [1.29, 1.82) is 0 Å². The van der Waals surface area contributed by atoms with E-state index in [1.807, 2.05) is 79.1 Å². The van der Waals surface area contributed by atoms with Gasteiger partial charge in [-0.3, -0.25) is 4.79 Å². The number of allylic oxidation sites excluding steroid dienone is 1. The molecule has 2 aromatic carbocycles. The van der Waals surface area contributed by atoms with E-state index in [1.165, 1.54) is 11.8 Å². The van der Waals surface area contributed by atoms with Gasteiger partial charge >= 0.3 is 0 Å². The fraction of sp³-hybridized carbons (Fsp3) is 0.182. The molecule has 30 heavy (non-hydrogen) atoms. The third-order valence-electron chi connectivity index (χ3n) is 4.12. The Kier molecular flexibility index (Phi) is 7.82. The fourth-order valence-electron chi connectivity index (χ4n) is 2.71. The molecule has 0 radical (unpaired) electrons. The average Bonchev–Trinajstić information content (AvgIpc) is 3.16. The molecule has 1 aromatic heterocycles. The van der Waals surface area contributed by atoms with Crippen LogP contribution in [0.3, 0.4) is 0 Å². The molecule has 0 aliphatic rings. The van der Waals surface area contributed by atoms with Gasteiger partial charge < -0.3 is 4.57 Å². The predicted molar refractivity (Wildman–Crippen MR) is 124 cm³/mol. The minimum absolute atomic E-state index is 0.192. The van der Waals surface area contributed by atoms with E-state index in [-0.39, 0.29) is 11.7 Å². The Morgan fingerprint density at radius 2 is 1.90 bits per heavy atom. The lowest BCUT2D eigenvalue weighted by Gasteiger charge is -2.07. The zero-order valence-corrected chi connectivity index (χ0v) is 18.3. The highest BCUT2D eigenvalue weighted by atomic mass is 35.5. The van der Waals surface area contributed by atoms with Gasteiger partial charge in [-0.2, -0.15) is 5.10 Å². The molecule has 0 fully saturated rings. The molecule has 0 saturated heterocycles.